The number of anilines is 1. The SMILES string of the molecule is O=C(CCN1CCN(c2ccc([N+](=O)[O-])cc2F)CC1)NC1CC1. The molecular formula is C16H21FN4O3. The minimum Gasteiger partial charge on any atom is -0.367 e. The molecule has 0 unspecified atom stereocenters. The van der Waals surface area contributed by atoms with E-state index in [2.05, 4.69) is 10.2 Å². The van der Waals surface area contributed by atoms with Crippen LogP contribution in [0.2, 0.25) is 0 Å². The summed E-state index contributed by atoms with van der Waals surface area (Å²) in [4.78, 5) is 25.8. The summed E-state index contributed by atoms with van der Waals surface area (Å²) in [5.41, 5.74) is 0.156. The number of rotatable bonds is 6. The number of piperazine rings is 1. The number of nitrogens with zero attached hydrogens (tertiary/aromatic N) is 3. The van der Waals surface area contributed by atoms with Gasteiger partial charge in [0, 0.05) is 51.3 Å². The lowest BCUT2D eigenvalue weighted by atomic mass is 10.2. The molecule has 0 aromatic heterocycles. The molecule has 2 fully saturated rings. The Morgan fingerprint density at radius 2 is 2.00 bits per heavy atom. The first-order valence-electron chi connectivity index (χ1n) is 8.23. The largest absolute Gasteiger partial charge is 0.367 e. The molecule has 1 N–H and O–H groups in total. The highest BCUT2D eigenvalue weighted by atomic mass is 19.1. The lowest BCUT2D eigenvalue weighted by Gasteiger charge is -2.36. The maximum absolute atomic E-state index is 14.1. The lowest BCUT2D eigenvalue weighted by molar-refractivity contribution is -0.385. The van der Waals surface area contributed by atoms with Crippen molar-refractivity contribution in [2.75, 3.05) is 37.6 Å². The average molecular weight is 336 g/mol. The van der Waals surface area contributed by atoms with Crippen LogP contribution in [0.25, 0.3) is 0 Å². The third-order valence-electron chi connectivity index (χ3n) is 4.45. The Morgan fingerprint density at radius 3 is 2.58 bits per heavy atom. The molecule has 0 radical (unpaired) electrons. The van der Waals surface area contributed by atoms with E-state index in [4.69, 9.17) is 0 Å². The summed E-state index contributed by atoms with van der Waals surface area (Å²) in [5, 5.41) is 13.6. The number of hydrogen-bond donors (Lipinski definition) is 1. The average Bonchev–Trinajstić information content (AvgIpc) is 3.37. The first kappa shape index (κ1) is 16.6. The van der Waals surface area contributed by atoms with Crippen LogP contribution in [0.4, 0.5) is 15.8 Å². The third-order valence-corrected chi connectivity index (χ3v) is 4.45. The molecule has 130 valence electrons. The highest BCUT2D eigenvalue weighted by molar-refractivity contribution is 5.76. The summed E-state index contributed by atoms with van der Waals surface area (Å²) in [5.74, 6) is -0.470. The van der Waals surface area contributed by atoms with Gasteiger partial charge in [-0.2, -0.15) is 0 Å². The van der Waals surface area contributed by atoms with Gasteiger partial charge in [0.05, 0.1) is 16.7 Å². The summed E-state index contributed by atoms with van der Waals surface area (Å²) in [7, 11) is 0. The Kier molecular flexibility index (Phi) is 4.94. The van der Waals surface area contributed by atoms with Gasteiger partial charge in [-0.1, -0.05) is 0 Å². The highest BCUT2D eigenvalue weighted by Crippen LogP contribution is 2.25. The zero-order chi connectivity index (χ0) is 17.1. The van der Waals surface area contributed by atoms with E-state index in [1.165, 1.54) is 12.1 Å². The highest BCUT2D eigenvalue weighted by Gasteiger charge is 2.24. The smallest absolute Gasteiger partial charge is 0.272 e. The standard InChI is InChI=1S/C16H21FN4O3/c17-14-11-13(21(23)24)3-4-15(14)20-9-7-19(8-10-20)6-5-16(22)18-12-1-2-12/h3-4,11-12H,1-2,5-10H2,(H,18,22). The van der Waals surface area contributed by atoms with E-state index >= 15 is 0 Å². The number of hydrogen-bond acceptors (Lipinski definition) is 5. The zero-order valence-electron chi connectivity index (χ0n) is 13.4. The molecule has 1 aliphatic carbocycles. The molecule has 1 aromatic carbocycles. The minimum atomic E-state index is -0.600. The topological polar surface area (TPSA) is 78.7 Å². The number of carbonyl (C=O) groups is 1. The number of non-ortho nitro benzene ring substituents is 1. The van der Waals surface area contributed by atoms with Gasteiger partial charge in [0.15, 0.2) is 5.82 Å². The van der Waals surface area contributed by atoms with Crippen molar-refractivity contribution in [3.05, 3.63) is 34.1 Å². The zero-order valence-corrected chi connectivity index (χ0v) is 13.4. The molecule has 7 nitrogen and oxygen atoms in total. The van der Waals surface area contributed by atoms with Crippen LogP contribution < -0.4 is 10.2 Å². The fraction of sp³-hybridized carbons (Fsp3) is 0.562. The molecular weight excluding hydrogens is 315 g/mol. The molecule has 1 saturated carbocycles. The first-order valence-corrected chi connectivity index (χ1v) is 8.23. The number of halogens is 1. The lowest BCUT2D eigenvalue weighted by Crippen LogP contribution is -2.47. The summed E-state index contributed by atoms with van der Waals surface area (Å²) in [6.45, 7) is 3.47. The molecule has 2 aliphatic rings. The molecule has 0 bridgehead atoms. The molecule has 3 rings (SSSR count). The number of nitrogens with one attached hydrogen (secondary N) is 1. The van der Waals surface area contributed by atoms with Crippen LogP contribution in [0.5, 0.6) is 0 Å². The van der Waals surface area contributed by atoms with Crippen molar-refractivity contribution in [3.8, 4) is 0 Å². The third kappa shape index (κ3) is 4.19. The van der Waals surface area contributed by atoms with Crippen LogP contribution >= 0.6 is 0 Å². The van der Waals surface area contributed by atoms with Gasteiger partial charge in [0.2, 0.25) is 5.91 Å². The van der Waals surface area contributed by atoms with Crippen molar-refractivity contribution in [2.45, 2.75) is 25.3 Å². The van der Waals surface area contributed by atoms with Crippen molar-refractivity contribution in [1.29, 1.82) is 0 Å². The van der Waals surface area contributed by atoms with Crippen LogP contribution in [0.3, 0.4) is 0 Å². The Morgan fingerprint density at radius 1 is 1.29 bits per heavy atom. The van der Waals surface area contributed by atoms with E-state index in [9.17, 15) is 19.3 Å². The summed E-state index contributed by atoms with van der Waals surface area (Å²) in [6.07, 6.45) is 2.67. The number of carbonyl (C=O) groups excluding carboxylic acids is 1. The van der Waals surface area contributed by atoms with Crippen molar-refractivity contribution in [1.82, 2.24) is 10.2 Å². The Labute approximate surface area is 139 Å². The minimum absolute atomic E-state index is 0.0985. The number of amides is 1. The fourth-order valence-electron chi connectivity index (χ4n) is 2.87. The van der Waals surface area contributed by atoms with Crippen LogP contribution in [-0.2, 0) is 4.79 Å². The van der Waals surface area contributed by atoms with E-state index in [0.717, 1.165) is 32.0 Å². The van der Waals surface area contributed by atoms with Crippen LogP contribution in [0, 0.1) is 15.9 Å². The molecule has 1 aromatic rings. The molecule has 8 heteroatoms. The first-order chi connectivity index (χ1) is 11.5. The monoisotopic (exact) mass is 336 g/mol. The van der Waals surface area contributed by atoms with E-state index in [1.54, 1.807) is 0 Å². The molecule has 1 amide bonds. The Bertz CT molecular complexity index is 628. The molecule has 1 heterocycles. The predicted molar refractivity (Wildman–Crippen MR) is 87.5 cm³/mol. The maximum Gasteiger partial charge on any atom is 0.272 e. The molecule has 1 saturated heterocycles. The van der Waals surface area contributed by atoms with Crippen molar-refractivity contribution < 1.29 is 14.1 Å². The van der Waals surface area contributed by atoms with Gasteiger partial charge in [-0.05, 0) is 18.9 Å². The molecule has 0 spiro atoms. The van der Waals surface area contributed by atoms with E-state index in [-0.39, 0.29) is 11.6 Å². The van der Waals surface area contributed by atoms with Gasteiger partial charge in [-0.25, -0.2) is 4.39 Å². The van der Waals surface area contributed by atoms with Gasteiger partial charge >= 0.3 is 0 Å². The fourth-order valence-corrected chi connectivity index (χ4v) is 2.87. The van der Waals surface area contributed by atoms with Crippen LogP contribution in [0.15, 0.2) is 18.2 Å². The van der Waals surface area contributed by atoms with Crippen LogP contribution in [-0.4, -0.2) is 54.5 Å². The maximum atomic E-state index is 14.1. The van der Waals surface area contributed by atoms with E-state index in [0.29, 0.717) is 37.8 Å². The quantitative estimate of drug-likeness (QED) is 0.629. The van der Waals surface area contributed by atoms with Crippen molar-refractivity contribution in [2.24, 2.45) is 0 Å². The summed E-state index contributed by atoms with van der Waals surface area (Å²) < 4.78 is 14.1. The van der Waals surface area contributed by atoms with Gasteiger partial charge in [-0.3, -0.25) is 19.8 Å². The second-order valence-corrected chi connectivity index (χ2v) is 6.31. The molecule has 0 atom stereocenters. The van der Waals surface area contributed by atoms with Gasteiger partial charge in [-0.15, -0.1) is 0 Å². The summed E-state index contributed by atoms with van der Waals surface area (Å²) >= 11 is 0. The van der Waals surface area contributed by atoms with E-state index < -0.39 is 10.7 Å². The Hall–Kier alpha value is -2.22. The normalized spacial score (nSPS) is 18.5. The van der Waals surface area contributed by atoms with Crippen LogP contribution in [0.1, 0.15) is 19.3 Å². The Balaban J connectivity index is 1.47. The predicted octanol–water partition coefficient (Wildman–Crippen LogP) is 1.52. The van der Waals surface area contributed by atoms with E-state index in [1.807, 2.05) is 4.90 Å². The summed E-state index contributed by atoms with van der Waals surface area (Å²) in [6, 6.07) is 4.14. The molecule has 1 aliphatic heterocycles. The molecule has 24 heavy (non-hydrogen) atoms. The number of nitro benzene ring substituents is 1. The van der Waals surface area contributed by atoms with Gasteiger partial charge < -0.3 is 10.2 Å². The second-order valence-electron chi connectivity index (χ2n) is 6.31. The van der Waals surface area contributed by atoms with Gasteiger partial charge in [0.25, 0.3) is 5.69 Å². The second kappa shape index (κ2) is 7.12. The van der Waals surface area contributed by atoms with Gasteiger partial charge in [0.1, 0.15) is 0 Å². The van der Waals surface area contributed by atoms with Crippen molar-refractivity contribution in [3.63, 3.8) is 0 Å². The number of nitro groups is 1. The number of benzene rings is 1. The van der Waals surface area contributed by atoms with Crippen molar-refractivity contribution >= 4 is 17.3 Å².